The first-order chi connectivity index (χ1) is 21.9. The van der Waals surface area contributed by atoms with E-state index in [9.17, 15) is 14.4 Å². The Kier molecular flexibility index (Phi) is 9.04. The van der Waals surface area contributed by atoms with Crippen molar-refractivity contribution in [2.75, 3.05) is 19.7 Å². The fraction of sp³-hybridized carbons (Fsp3) is 0.324. The Balaban J connectivity index is 1.25. The van der Waals surface area contributed by atoms with Crippen LogP contribution in [0.5, 0.6) is 11.5 Å². The fourth-order valence-corrected chi connectivity index (χ4v) is 5.67. The number of ether oxygens (including phenoxy) is 2. The van der Waals surface area contributed by atoms with Gasteiger partial charge in [0.1, 0.15) is 23.4 Å². The van der Waals surface area contributed by atoms with E-state index in [2.05, 4.69) is 20.6 Å². The first kappa shape index (κ1) is 29.9. The van der Waals surface area contributed by atoms with E-state index in [0.29, 0.717) is 56.1 Å². The van der Waals surface area contributed by atoms with Gasteiger partial charge >= 0.3 is 0 Å². The lowest BCUT2D eigenvalue weighted by molar-refractivity contribution is -0.134. The summed E-state index contributed by atoms with van der Waals surface area (Å²) in [4.78, 5) is 49.9. The predicted molar refractivity (Wildman–Crippen MR) is 167 cm³/mol. The minimum absolute atomic E-state index is 0.0158. The number of pyridine rings is 1. The number of imidazole rings is 1. The highest BCUT2D eigenvalue weighted by atomic mass is 16.5. The summed E-state index contributed by atoms with van der Waals surface area (Å²) >= 11 is 0. The highest BCUT2D eigenvalue weighted by Crippen LogP contribution is 2.25. The molecule has 3 amide bonds. The summed E-state index contributed by atoms with van der Waals surface area (Å²) in [5, 5.41) is 6.02. The number of carbonyl (C=O) groups is 3. The second kappa shape index (κ2) is 13.6. The van der Waals surface area contributed by atoms with Crippen LogP contribution in [0.1, 0.15) is 41.5 Å². The number of aromatic nitrogens is 3. The van der Waals surface area contributed by atoms with Crippen molar-refractivity contribution in [1.29, 1.82) is 0 Å². The molecule has 0 aliphatic carbocycles. The van der Waals surface area contributed by atoms with Gasteiger partial charge in [0.25, 0.3) is 11.8 Å². The van der Waals surface area contributed by atoms with Gasteiger partial charge in [-0.2, -0.15) is 0 Å². The number of benzene rings is 2. The van der Waals surface area contributed by atoms with Gasteiger partial charge in [-0.25, -0.2) is 4.98 Å². The molecule has 45 heavy (non-hydrogen) atoms. The number of hydrogen-bond acceptors (Lipinski definition) is 7. The average molecular weight is 609 g/mol. The molecule has 3 aliphatic heterocycles. The van der Waals surface area contributed by atoms with Crippen LogP contribution in [0.3, 0.4) is 0 Å². The molecule has 232 valence electrons. The van der Waals surface area contributed by atoms with Gasteiger partial charge in [0, 0.05) is 75.8 Å². The van der Waals surface area contributed by atoms with Crippen LogP contribution in [0.4, 0.5) is 0 Å². The van der Waals surface area contributed by atoms with E-state index in [1.54, 1.807) is 29.4 Å². The van der Waals surface area contributed by atoms with E-state index in [1.165, 1.54) is 6.20 Å². The molecule has 6 bridgehead atoms. The highest BCUT2D eigenvalue weighted by molar-refractivity contribution is 5.95. The number of amides is 3. The topological polar surface area (TPSA) is 128 Å². The number of rotatable bonds is 4. The molecule has 3 aliphatic rings. The van der Waals surface area contributed by atoms with E-state index < -0.39 is 6.04 Å². The first-order valence-corrected chi connectivity index (χ1v) is 15.2. The van der Waals surface area contributed by atoms with Gasteiger partial charge in [0.15, 0.2) is 6.61 Å². The van der Waals surface area contributed by atoms with Crippen LogP contribution >= 0.6 is 0 Å². The van der Waals surface area contributed by atoms with E-state index in [-0.39, 0.29) is 30.4 Å². The SMILES string of the molecule is CCc1nccn1CCC(=O)N1CC[C@@H]2Oc3ccc(cc3)CNC(=O)COc3cccc(c3)-c3cncc(c3)C(=O)N[C@@H]2C1. The Labute approximate surface area is 261 Å². The van der Waals surface area contributed by atoms with Gasteiger partial charge in [-0.05, 0) is 41.5 Å². The molecule has 5 heterocycles. The van der Waals surface area contributed by atoms with Crippen LogP contribution in [0.15, 0.2) is 79.4 Å². The maximum Gasteiger partial charge on any atom is 0.258 e. The zero-order valence-corrected chi connectivity index (χ0v) is 25.1. The minimum Gasteiger partial charge on any atom is -0.488 e. The van der Waals surface area contributed by atoms with Crippen molar-refractivity contribution >= 4 is 17.7 Å². The predicted octanol–water partition coefficient (Wildman–Crippen LogP) is 3.38. The minimum atomic E-state index is -0.459. The number of nitrogens with one attached hydrogen (secondary N) is 2. The maximum absolute atomic E-state index is 13.6. The number of nitrogens with zero attached hydrogens (tertiary/aromatic N) is 4. The molecule has 2 atom stereocenters. The molecule has 2 aromatic carbocycles. The number of hydrogen-bond donors (Lipinski definition) is 2. The van der Waals surface area contributed by atoms with Gasteiger partial charge in [-0.1, -0.05) is 31.2 Å². The first-order valence-electron chi connectivity index (χ1n) is 15.2. The molecule has 0 spiro atoms. The molecule has 1 fully saturated rings. The Hall–Kier alpha value is -5.19. The lowest BCUT2D eigenvalue weighted by atomic mass is 10.00. The number of fused-ring (bicyclic) bond motifs is 7. The van der Waals surface area contributed by atoms with Gasteiger partial charge in [-0.15, -0.1) is 0 Å². The summed E-state index contributed by atoms with van der Waals surface area (Å²) in [6.07, 6.45) is 8.16. The Morgan fingerprint density at radius 1 is 1.02 bits per heavy atom. The van der Waals surface area contributed by atoms with E-state index in [4.69, 9.17) is 9.47 Å². The molecule has 2 N–H and O–H groups in total. The molecule has 11 heteroatoms. The second-order valence-electron chi connectivity index (χ2n) is 11.2. The summed E-state index contributed by atoms with van der Waals surface area (Å²) in [5.74, 6) is 1.58. The summed E-state index contributed by atoms with van der Waals surface area (Å²) in [6.45, 7) is 3.64. The largest absolute Gasteiger partial charge is 0.488 e. The van der Waals surface area contributed by atoms with E-state index in [0.717, 1.165) is 28.9 Å². The van der Waals surface area contributed by atoms with E-state index >= 15 is 0 Å². The van der Waals surface area contributed by atoms with Crippen molar-refractivity contribution in [3.05, 3.63) is 96.3 Å². The molecule has 1 saturated heterocycles. The van der Waals surface area contributed by atoms with Crippen molar-refractivity contribution in [1.82, 2.24) is 30.1 Å². The Bertz CT molecular complexity index is 1670. The molecule has 11 nitrogen and oxygen atoms in total. The number of likely N-dealkylation sites (tertiary alicyclic amines) is 1. The standard InChI is InChI=1S/C34H36N6O5/c1-2-31-36-12-15-39(31)14-11-33(42)40-13-10-30-29(21-40)38-34(43)26-16-25(19-35-20-26)24-4-3-5-28(17-24)44-22-32(41)37-18-23-6-8-27(45-30)9-7-23/h3-9,12,15-17,19-20,29-30H,2,10-11,13-14,18,21-22H2,1H3,(H,37,41)(H,38,43)/t29-,30+/m1/s1. The van der Waals surface area contributed by atoms with Gasteiger partial charge in [0.05, 0.1) is 11.6 Å². The third kappa shape index (κ3) is 7.31. The second-order valence-corrected chi connectivity index (χ2v) is 11.2. The summed E-state index contributed by atoms with van der Waals surface area (Å²) in [7, 11) is 0. The average Bonchev–Trinajstić information content (AvgIpc) is 3.54. The number of piperidine rings is 1. The monoisotopic (exact) mass is 608 g/mol. The molecule has 7 rings (SSSR count). The molecule has 0 radical (unpaired) electrons. The van der Waals surface area contributed by atoms with Gasteiger partial charge in [0.2, 0.25) is 5.91 Å². The molecular formula is C34H36N6O5. The smallest absolute Gasteiger partial charge is 0.258 e. The molecule has 0 unspecified atom stereocenters. The quantitative estimate of drug-likeness (QED) is 0.364. The van der Waals surface area contributed by atoms with Crippen LogP contribution in [-0.4, -0.2) is 69.0 Å². The van der Waals surface area contributed by atoms with Crippen LogP contribution in [-0.2, 0) is 29.1 Å². The van der Waals surface area contributed by atoms with Crippen LogP contribution in [0.2, 0.25) is 0 Å². The van der Waals surface area contributed by atoms with Crippen molar-refractivity contribution in [3.63, 3.8) is 0 Å². The lowest BCUT2D eigenvalue weighted by Crippen LogP contribution is -2.58. The Morgan fingerprint density at radius 3 is 2.71 bits per heavy atom. The van der Waals surface area contributed by atoms with Crippen LogP contribution in [0.25, 0.3) is 11.1 Å². The van der Waals surface area contributed by atoms with Crippen molar-refractivity contribution in [2.24, 2.45) is 0 Å². The normalized spacial score (nSPS) is 18.6. The van der Waals surface area contributed by atoms with Crippen LogP contribution < -0.4 is 20.1 Å². The van der Waals surface area contributed by atoms with Gasteiger partial charge < -0.3 is 29.6 Å². The highest BCUT2D eigenvalue weighted by Gasteiger charge is 2.34. The molecular weight excluding hydrogens is 572 g/mol. The summed E-state index contributed by atoms with van der Waals surface area (Å²) in [6, 6.07) is 16.1. The molecule has 2 aromatic heterocycles. The van der Waals surface area contributed by atoms with Crippen molar-refractivity contribution in [2.45, 2.75) is 51.4 Å². The third-order valence-corrected chi connectivity index (χ3v) is 8.14. The summed E-state index contributed by atoms with van der Waals surface area (Å²) in [5.41, 5.74) is 2.81. The lowest BCUT2D eigenvalue weighted by Gasteiger charge is -2.39. The van der Waals surface area contributed by atoms with E-state index in [1.807, 2.05) is 60.2 Å². The number of aryl methyl sites for hydroxylation is 2. The van der Waals surface area contributed by atoms with Crippen molar-refractivity contribution in [3.8, 4) is 22.6 Å². The molecule has 4 aromatic rings. The number of carbonyl (C=O) groups excluding carboxylic acids is 3. The van der Waals surface area contributed by atoms with Crippen molar-refractivity contribution < 1.29 is 23.9 Å². The Morgan fingerprint density at radius 2 is 1.87 bits per heavy atom. The zero-order chi connectivity index (χ0) is 31.2. The van der Waals surface area contributed by atoms with Crippen LogP contribution in [0, 0.1) is 0 Å². The fourth-order valence-electron chi connectivity index (χ4n) is 5.67. The molecule has 0 saturated carbocycles. The third-order valence-electron chi connectivity index (χ3n) is 8.14. The van der Waals surface area contributed by atoms with Gasteiger partial charge in [-0.3, -0.25) is 19.4 Å². The zero-order valence-electron chi connectivity index (χ0n) is 25.1. The maximum atomic E-state index is 13.6. The summed E-state index contributed by atoms with van der Waals surface area (Å²) < 4.78 is 14.1.